The van der Waals surface area contributed by atoms with Crippen LogP contribution in [0.15, 0.2) is 18.2 Å². The fraction of sp³-hybridized carbons (Fsp3) is 0.500. The summed E-state index contributed by atoms with van der Waals surface area (Å²) in [5.41, 5.74) is 6.71. The third kappa shape index (κ3) is 2.61. The van der Waals surface area contributed by atoms with E-state index in [1.54, 1.807) is 18.2 Å². The van der Waals surface area contributed by atoms with Crippen LogP contribution < -0.4 is 5.73 Å². The summed E-state index contributed by atoms with van der Waals surface area (Å²) in [6, 6.07) is 5.22. The van der Waals surface area contributed by atoms with Crippen LogP contribution in [-0.2, 0) is 0 Å². The summed E-state index contributed by atoms with van der Waals surface area (Å²) in [7, 11) is 0. The molecule has 0 radical (unpaired) electrons. The fourth-order valence-electron chi connectivity index (χ4n) is 2.71. The molecule has 0 spiro atoms. The first kappa shape index (κ1) is 13.2. The zero-order chi connectivity index (χ0) is 13.3. The van der Waals surface area contributed by atoms with Crippen LogP contribution in [0.1, 0.15) is 30.6 Å². The molecule has 1 aliphatic heterocycles. The maximum atomic E-state index is 12.4. The zero-order valence-electron chi connectivity index (χ0n) is 10.8. The van der Waals surface area contributed by atoms with Gasteiger partial charge < -0.3 is 10.6 Å². The van der Waals surface area contributed by atoms with Gasteiger partial charge in [-0.05, 0) is 30.4 Å². The number of nitrogen functional groups attached to an aromatic ring is 1. The lowest BCUT2D eigenvalue weighted by atomic mass is 9.91. The number of hydrogen-bond donors (Lipinski definition) is 1. The number of amides is 1. The first-order chi connectivity index (χ1) is 8.49. The van der Waals surface area contributed by atoms with E-state index >= 15 is 0 Å². The molecule has 18 heavy (non-hydrogen) atoms. The number of nitrogens with zero attached hydrogens (tertiary/aromatic N) is 1. The fourth-order valence-corrected chi connectivity index (χ4v) is 2.92. The normalized spacial score (nSPS) is 24.1. The Labute approximate surface area is 113 Å². The largest absolute Gasteiger partial charge is 0.398 e. The molecule has 0 aromatic heterocycles. The van der Waals surface area contributed by atoms with E-state index in [1.165, 1.54) is 6.42 Å². The van der Waals surface area contributed by atoms with Crippen molar-refractivity contribution in [3.63, 3.8) is 0 Å². The third-order valence-corrected chi connectivity index (χ3v) is 3.84. The minimum absolute atomic E-state index is 0.00861. The topological polar surface area (TPSA) is 46.3 Å². The highest BCUT2D eigenvalue weighted by molar-refractivity contribution is 6.36. The number of benzene rings is 1. The van der Waals surface area contributed by atoms with Crippen LogP contribution in [0.25, 0.3) is 0 Å². The Morgan fingerprint density at radius 2 is 1.94 bits per heavy atom. The average Bonchev–Trinajstić information content (AvgIpc) is 2.30. The number of piperidine rings is 1. The summed E-state index contributed by atoms with van der Waals surface area (Å²) in [4.78, 5) is 14.3. The third-order valence-electron chi connectivity index (χ3n) is 3.42. The van der Waals surface area contributed by atoms with Crippen molar-refractivity contribution in [1.29, 1.82) is 0 Å². The van der Waals surface area contributed by atoms with Crippen molar-refractivity contribution < 1.29 is 4.79 Å². The van der Waals surface area contributed by atoms with Gasteiger partial charge >= 0.3 is 0 Å². The van der Waals surface area contributed by atoms with E-state index in [0.717, 1.165) is 13.1 Å². The van der Waals surface area contributed by atoms with Gasteiger partial charge in [0.15, 0.2) is 0 Å². The van der Waals surface area contributed by atoms with Gasteiger partial charge in [-0.25, -0.2) is 0 Å². The Morgan fingerprint density at radius 3 is 2.56 bits per heavy atom. The maximum Gasteiger partial charge on any atom is 0.255 e. The second kappa shape index (κ2) is 5.19. The lowest BCUT2D eigenvalue weighted by Crippen LogP contribution is -2.42. The van der Waals surface area contributed by atoms with Gasteiger partial charge in [0, 0.05) is 13.1 Å². The molecule has 2 atom stereocenters. The molecule has 2 rings (SSSR count). The van der Waals surface area contributed by atoms with E-state index in [4.69, 9.17) is 17.3 Å². The SMILES string of the molecule is CC1CC(C)CN(C(=O)c2cccc(N)c2Cl)C1. The second-order valence-electron chi connectivity index (χ2n) is 5.36. The summed E-state index contributed by atoms with van der Waals surface area (Å²) in [6.45, 7) is 5.95. The predicted molar refractivity (Wildman–Crippen MR) is 74.7 cm³/mol. The van der Waals surface area contributed by atoms with Crippen LogP contribution in [-0.4, -0.2) is 23.9 Å². The summed E-state index contributed by atoms with van der Waals surface area (Å²) in [5.74, 6) is 1.07. The standard InChI is InChI=1S/C14H19ClN2O/c1-9-6-10(2)8-17(7-9)14(18)11-4-3-5-12(16)13(11)15/h3-5,9-10H,6-8,16H2,1-2H3. The van der Waals surface area contributed by atoms with E-state index in [-0.39, 0.29) is 5.91 Å². The molecular weight excluding hydrogens is 248 g/mol. The van der Waals surface area contributed by atoms with E-state index < -0.39 is 0 Å². The highest BCUT2D eigenvalue weighted by atomic mass is 35.5. The zero-order valence-corrected chi connectivity index (χ0v) is 11.6. The quantitative estimate of drug-likeness (QED) is 0.794. The van der Waals surface area contributed by atoms with Crippen LogP contribution in [0.3, 0.4) is 0 Å². The average molecular weight is 267 g/mol. The molecule has 1 aliphatic rings. The highest BCUT2D eigenvalue weighted by Crippen LogP contribution is 2.27. The molecule has 1 heterocycles. The highest BCUT2D eigenvalue weighted by Gasteiger charge is 2.27. The van der Waals surface area contributed by atoms with Gasteiger partial charge in [0.05, 0.1) is 16.3 Å². The molecular formula is C14H19ClN2O. The number of hydrogen-bond acceptors (Lipinski definition) is 2. The molecule has 0 aliphatic carbocycles. The monoisotopic (exact) mass is 266 g/mol. The van der Waals surface area contributed by atoms with Crippen molar-refractivity contribution in [2.75, 3.05) is 18.8 Å². The molecule has 1 amide bonds. The van der Waals surface area contributed by atoms with Crippen molar-refractivity contribution in [3.8, 4) is 0 Å². The maximum absolute atomic E-state index is 12.4. The lowest BCUT2D eigenvalue weighted by molar-refractivity contribution is 0.0623. The Bertz CT molecular complexity index is 451. The van der Waals surface area contributed by atoms with Crippen molar-refractivity contribution in [2.45, 2.75) is 20.3 Å². The Balaban J connectivity index is 2.23. The molecule has 98 valence electrons. The van der Waals surface area contributed by atoms with Gasteiger partial charge in [0.25, 0.3) is 5.91 Å². The van der Waals surface area contributed by atoms with Crippen LogP contribution in [0.5, 0.6) is 0 Å². The Hall–Kier alpha value is -1.22. The van der Waals surface area contributed by atoms with Crippen molar-refractivity contribution in [2.24, 2.45) is 11.8 Å². The van der Waals surface area contributed by atoms with Gasteiger partial charge in [0.2, 0.25) is 0 Å². The Kier molecular flexibility index (Phi) is 3.81. The second-order valence-corrected chi connectivity index (χ2v) is 5.74. The van der Waals surface area contributed by atoms with Crippen molar-refractivity contribution in [3.05, 3.63) is 28.8 Å². The number of halogens is 1. The predicted octanol–water partition coefficient (Wildman–Crippen LogP) is 3.04. The molecule has 3 nitrogen and oxygen atoms in total. The summed E-state index contributed by atoms with van der Waals surface area (Å²) < 4.78 is 0. The summed E-state index contributed by atoms with van der Waals surface area (Å²) in [6.07, 6.45) is 1.18. The summed E-state index contributed by atoms with van der Waals surface area (Å²) >= 11 is 6.11. The molecule has 1 saturated heterocycles. The van der Waals surface area contributed by atoms with Gasteiger partial charge in [-0.15, -0.1) is 0 Å². The molecule has 1 fully saturated rings. The van der Waals surface area contributed by atoms with Gasteiger partial charge in [0.1, 0.15) is 0 Å². The lowest BCUT2D eigenvalue weighted by Gasteiger charge is -2.35. The minimum Gasteiger partial charge on any atom is -0.398 e. The minimum atomic E-state index is -0.00861. The van der Waals surface area contributed by atoms with Crippen LogP contribution in [0.4, 0.5) is 5.69 Å². The van der Waals surface area contributed by atoms with Crippen LogP contribution in [0, 0.1) is 11.8 Å². The van der Waals surface area contributed by atoms with E-state index in [2.05, 4.69) is 13.8 Å². The van der Waals surface area contributed by atoms with Gasteiger partial charge in [-0.2, -0.15) is 0 Å². The number of nitrogens with two attached hydrogens (primary N) is 1. The number of carbonyl (C=O) groups excluding carboxylic acids is 1. The first-order valence-corrected chi connectivity index (χ1v) is 6.70. The Morgan fingerprint density at radius 1 is 1.33 bits per heavy atom. The molecule has 1 aromatic carbocycles. The van der Waals surface area contributed by atoms with Gasteiger partial charge in [-0.1, -0.05) is 31.5 Å². The number of rotatable bonds is 1. The molecule has 0 saturated carbocycles. The molecule has 2 unspecified atom stereocenters. The number of carbonyl (C=O) groups is 1. The van der Waals surface area contributed by atoms with Crippen molar-refractivity contribution in [1.82, 2.24) is 4.90 Å². The number of anilines is 1. The van der Waals surface area contributed by atoms with Crippen LogP contribution >= 0.6 is 11.6 Å². The number of likely N-dealkylation sites (tertiary alicyclic amines) is 1. The first-order valence-electron chi connectivity index (χ1n) is 6.32. The van der Waals surface area contributed by atoms with E-state index in [0.29, 0.717) is 28.1 Å². The molecule has 4 heteroatoms. The molecule has 1 aromatic rings. The molecule has 2 N–H and O–H groups in total. The summed E-state index contributed by atoms with van der Waals surface area (Å²) in [5, 5.41) is 0.369. The smallest absolute Gasteiger partial charge is 0.255 e. The molecule has 0 bridgehead atoms. The van der Waals surface area contributed by atoms with Crippen molar-refractivity contribution >= 4 is 23.2 Å². The van der Waals surface area contributed by atoms with Gasteiger partial charge in [-0.3, -0.25) is 4.79 Å². The van der Waals surface area contributed by atoms with E-state index in [1.807, 2.05) is 4.90 Å². The van der Waals surface area contributed by atoms with E-state index in [9.17, 15) is 4.79 Å². The van der Waals surface area contributed by atoms with Crippen LogP contribution in [0.2, 0.25) is 5.02 Å².